The second-order valence-electron chi connectivity index (χ2n) is 7.65. The number of quaternary nitrogens is 1. The Morgan fingerprint density at radius 2 is 1.88 bits per heavy atom. The van der Waals surface area contributed by atoms with Gasteiger partial charge in [0, 0.05) is 24.4 Å². The molecule has 0 unspecified atom stereocenters. The molecule has 0 radical (unpaired) electrons. The number of hydrogen-bond donors (Lipinski definition) is 0. The highest BCUT2D eigenvalue weighted by Crippen LogP contribution is 2.40. The molecule has 6 rings (SSSR count). The monoisotopic (exact) mass is 346 g/mol. The van der Waals surface area contributed by atoms with E-state index in [4.69, 9.17) is 0 Å². The molecule has 3 aliphatic heterocycles. The fraction of sp³-hybridized carbons (Fsp3) is 0.526. The fourth-order valence-electron chi connectivity index (χ4n) is 5.13. The summed E-state index contributed by atoms with van der Waals surface area (Å²) in [6, 6.07) is 6.22. The predicted octanol–water partition coefficient (Wildman–Crippen LogP) is 3.19. The van der Waals surface area contributed by atoms with Crippen molar-refractivity contribution in [1.29, 1.82) is 0 Å². The van der Waals surface area contributed by atoms with E-state index in [2.05, 4.69) is 12.3 Å². The summed E-state index contributed by atoms with van der Waals surface area (Å²) in [7, 11) is 0. The van der Waals surface area contributed by atoms with Crippen LogP contribution in [0.5, 0.6) is 0 Å². The number of hydrogen-bond acceptors (Lipinski definition) is 2. The average molecular weight is 347 g/mol. The molecule has 4 aliphatic rings. The second kappa shape index (κ2) is 5.58. The topological polar surface area (TPSA) is 45.1 Å². The van der Waals surface area contributed by atoms with Gasteiger partial charge in [-0.1, -0.05) is 12.1 Å². The van der Waals surface area contributed by atoms with Crippen molar-refractivity contribution in [1.82, 2.24) is 4.57 Å². The second-order valence-corrected chi connectivity index (χ2v) is 7.65. The summed E-state index contributed by atoms with van der Waals surface area (Å²) in [5.74, 6) is 0.498. The molecular formula is C19H23ClN2O2. The van der Waals surface area contributed by atoms with Gasteiger partial charge in [0.1, 0.15) is 0 Å². The summed E-state index contributed by atoms with van der Waals surface area (Å²) in [6.45, 7) is 2.05. The van der Waals surface area contributed by atoms with Crippen molar-refractivity contribution in [2.45, 2.75) is 38.1 Å². The highest BCUT2D eigenvalue weighted by Gasteiger charge is 2.42. The summed E-state index contributed by atoms with van der Waals surface area (Å²) in [6.07, 6.45) is 7.29. The van der Waals surface area contributed by atoms with Gasteiger partial charge in [0.2, 0.25) is 0 Å². The third kappa shape index (κ3) is 2.24. The zero-order valence-corrected chi connectivity index (χ0v) is 14.6. The number of rotatable bonds is 1. The van der Waals surface area contributed by atoms with Gasteiger partial charge in [-0.25, -0.2) is 0 Å². The van der Waals surface area contributed by atoms with Crippen molar-refractivity contribution in [3.05, 3.63) is 51.1 Å². The number of benzene rings is 1. The molecule has 1 atom stereocenters. The van der Waals surface area contributed by atoms with E-state index in [-0.39, 0.29) is 28.7 Å². The van der Waals surface area contributed by atoms with Crippen LogP contribution in [0.15, 0.2) is 29.2 Å². The average Bonchev–Trinajstić information content (AvgIpc) is 2.58. The van der Waals surface area contributed by atoms with Crippen LogP contribution in [-0.2, 0) is 12.8 Å². The van der Waals surface area contributed by atoms with Crippen molar-refractivity contribution >= 4 is 23.2 Å². The van der Waals surface area contributed by atoms with E-state index in [1.165, 1.54) is 16.5 Å². The summed E-state index contributed by atoms with van der Waals surface area (Å²) < 4.78 is 1.83. The van der Waals surface area contributed by atoms with Crippen LogP contribution in [0.1, 0.15) is 36.4 Å². The molecule has 4 heterocycles. The zero-order valence-electron chi connectivity index (χ0n) is 13.7. The van der Waals surface area contributed by atoms with E-state index >= 15 is 0 Å². The number of fused-ring (bicyclic) bond motifs is 3. The van der Waals surface area contributed by atoms with Gasteiger partial charge in [-0.2, -0.15) is 0 Å². The number of aromatic nitrogens is 1. The molecule has 5 heteroatoms. The van der Waals surface area contributed by atoms with Gasteiger partial charge in [0.05, 0.1) is 25.7 Å². The SMILES string of the molecule is Cl.O=c1c2cccc3c2c(cn1[C@@H]1C[N+]2([O-])CCC1CC2)CCC3. The van der Waals surface area contributed by atoms with Gasteiger partial charge in [-0.05, 0) is 47.8 Å². The van der Waals surface area contributed by atoms with Crippen LogP contribution in [-0.4, -0.2) is 28.8 Å². The van der Waals surface area contributed by atoms with Gasteiger partial charge in [-0.15, -0.1) is 12.4 Å². The lowest BCUT2D eigenvalue weighted by Gasteiger charge is -2.55. The Morgan fingerprint density at radius 3 is 2.62 bits per heavy atom. The maximum atomic E-state index is 13.1. The summed E-state index contributed by atoms with van der Waals surface area (Å²) in [4.78, 5) is 13.1. The minimum absolute atomic E-state index is 0. The first kappa shape index (κ1) is 16.1. The molecule has 0 spiro atoms. The maximum absolute atomic E-state index is 13.1. The number of pyridine rings is 1. The molecule has 1 aliphatic carbocycles. The van der Waals surface area contributed by atoms with Crippen LogP contribution >= 0.6 is 12.4 Å². The first-order chi connectivity index (χ1) is 11.1. The highest BCUT2D eigenvalue weighted by atomic mass is 35.5. The normalized spacial score (nSPS) is 31.0. The van der Waals surface area contributed by atoms with E-state index < -0.39 is 0 Å². The molecule has 3 fully saturated rings. The Balaban J connectivity index is 0.00000146. The molecular weight excluding hydrogens is 324 g/mol. The highest BCUT2D eigenvalue weighted by molar-refractivity contribution is 5.88. The van der Waals surface area contributed by atoms with E-state index in [1.54, 1.807) is 0 Å². The van der Waals surface area contributed by atoms with Crippen molar-refractivity contribution in [2.24, 2.45) is 5.92 Å². The maximum Gasteiger partial charge on any atom is 0.258 e. The minimum Gasteiger partial charge on any atom is -0.633 e. The molecule has 4 nitrogen and oxygen atoms in total. The van der Waals surface area contributed by atoms with Gasteiger partial charge in [0.15, 0.2) is 0 Å². The lowest BCUT2D eigenvalue weighted by atomic mass is 9.82. The Morgan fingerprint density at radius 1 is 1.12 bits per heavy atom. The molecule has 24 heavy (non-hydrogen) atoms. The number of nitrogens with zero attached hydrogens (tertiary/aromatic N) is 2. The molecule has 2 bridgehead atoms. The quantitative estimate of drug-likeness (QED) is 0.588. The fourth-order valence-corrected chi connectivity index (χ4v) is 5.13. The van der Waals surface area contributed by atoms with Crippen molar-refractivity contribution in [3.8, 4) is 0 Å². The molecule has 1 aromatic heterocycles. The Bertz CT molecular complexity index is 852. The Labute approximate surface area is 147 Å². The zero-order chi connectivity index (χ0) is 15.6. The summed E-state index contributed by atoms with van der Waals surface area (Å²) >= 11 is 0. The molecule has 0 N–H and O–H groups in total. The predicted molar refractivity (Wildman–Crippen MR) is 97.5 cm³/mol. The van der Waals surface area contributed by atoms with E-state index in [0.717, 1.165) is 50.6 Å². The number of hydroxylamine groups is 3. The number of aryl methyl sites for hydroxylation is 2. The van der Waals surface area contributed by atoms with Gasteiger partial charge < -0.3 is 14.4 Å². The van der Waals surface area contributed by atoms with Gasteiger partial charge in [0.25, 0.3) is 5.56 Å². The lowest BCUT2D eigenvalue weighted by Crippen LogP contribution is -2.59. The Kier molecular flexibility index (Phi) is 3.75. The van der Waals surface area contributed by atoms with Crippen LogP contribution in [0, 0.1) is 11.1 Å². The van der Waals surface area contributed by atoms with E-state index in [9.17, 15) is 10.0 Å². The lowest BCUT2D eigenvalue weighted by molar-refractivity contribution is -0.900. The van der Waals surface area contributed by atoms with Gasteiger partial charge in [-0.3, -0.25) is 4.79 Å². The summed E-state index contributed by atoms with van der Waals surface area (Å²) in [5, 5.41) is 14.8. The van der Waals surface area contributed by atoms with Crippen LogP contribution in [0.25, 0.3) is 10.8 Å². The van der Waals surface area contributed by atoms with Crippen LogP contribution in [0.4, 0.5) is 0 Å². The van der Waals surface area contributed by atoms with Crippen LogP contribution in [0.3, 0.4) is 0 Å². The third-order valence-corrected chi connectivity index (χ3v) is 6.36. The standard InChI is InChI=1S/C19H22N2O2.ClH/c22-19-16-6-2-4-14-3-1-5-15(18(14)16)11-20(19)17-12-21(23)9-7-13(17)8-10-21;/h2,4,6,11,13,17H,1,3,5,7-10,12H2;1H/t13?,17-,21?;/m1./s1. The smallest absolute Gasteiger partial charge is 0.258 e. The first-order valence-electron chi connectivity index (χ1n) is 8.87. The van der Waals surface area contributed by atoms with E-state index in [0.29, 0.717) is 12.5 Å². The third-order valence-electron chi connectivity index (χ3n) is 6.36. The molecule has 0 saturated carbocycles. The first-order valence-corrected chi connectivity index (χ1v) is 8.87. The van der Waals surface area contributed by atoms with Crippen LogP contribution in [0.2, 0.25) is 0 Å². The molecule has 0 amide bonds. The molecule has 3 saturated heterocycles. The molecule has 2 aromatic rings. The van der Waals surface area contributed by atoms with Gasteiger partial charge >= 0.3 is 0 Å². The largest absolute Gasteiger partial charge is 0.633 e. The summed E-state index contributed by atoms with van der Waals surface area (Å²) in [5.41, 5.74) is 2.72. The number of piperidine rings is 3. The van der Waals surface area contributed by atoms with Crippen molar-refractivity contribution < 1.29 is 4.65 Å². The Hall–Kier alpha value is -1.36. The van der Waals surface area contributed by atoms with E-state index in [1.807, 2.05) is 16.7 Å². The van der Waals surface area contributed by atoms with Crippen molar-refractivity contribution in [2.75, 3.05) is 19.6 Å². The number of halogens is 1. The van der Waals surface area contributed by atoms with Crippen LogP contribution < -0.4 is 5.56 Å². The molecule has 128 valence electrons. The minimum atomic E-state index is -0.0962. The van der Waals surface area contributed by atoms with Crippen molar-refractivity contribution in [3.63, 3.8) is 0 Å². The molecule has 1 aromatic carbocycles.